The van der Waals surface area contributed by atoms with E-state index in [4.69, 9.17) is 14.2 Å². The van der Waals surface area contributed by atoms with E-state index in [0.717, 1.165) is 32.2 Å². The third-order valence-corrected chi connectivity index (χ3v) is 5.79. The van der Waals surface area contributed by atoms with Crippen molar-refractivity contribution in [3.05, 3.63) is 17.7 Å². The zero-order chi connectivity index (χ0) is 18.5. The second-order valence-electron chi connectivity index (χ2n) is 7.20. The zero-order valence-electron chi connectivity index (χ0n) is 16.2. The van der Waals surface area contributed by atoms with Crippen LogP contribution in [0.3, 0.4) is 0 Å². The highest BCUT2D eigenvalue weighted by Gasteiger charge is 2.31. The van der Waals surface area contributed by atoms with Gasteiger partial charge < -0.3 is 24.0 Å². The van der Waals surface area contributed by atoms with Crippen LogP contribution in [0.5, 0.6) is 17.2 Å². The first-order valence-corrected chi connectivity index (χ1v) is 9.61. The number of carbonyl (C=O) groups is 1. The summed E-state index contributed by atoms with van der Waals surface area (Å²) in [5.41, 5.74) is 0.584. The molecule has 1 heterocycles. The van der Waals surface area contributed by atoms with Gasteiger partial charge in [-0.25, -0.2) is 0 Å². The van der Waals surface area contributed by atoms with Crippen LogP contribution in [-0.2, 0) is 0 Å². The molecule has 0 spiro atoms. The fraction of sp³-hybridized carbons (Fsp3) is 0.650. The van der Waals surface area contributed by atoms with Gasteiger partial charge in [-0.1, -0.05) is 6.42 Å². The fourth-order valence-electron chi connectivity index (χ4n) is 4.30. The lowest BCUT2D eigenvalue weighted by Gasteiger charge is -2.38. The van der Waals surface area contributed by atoms with E-state index in [0.29, 0.717) is 22.8 Å². The molecule has 0 radical (unpaired) electrons. The summed E-state index contributed by atoms with van der Waals surface area (Å²) in [6, 6.07) is 4.27. The van der Waals surface area contributed by atoms with Crippen molar-refractivity contribution in [2.24, 2.45) is 0 Å². The van der Waals surface area contributed by atoms with Crippen molar-refractivity contribution in [1.82, 2.24) is 4.90 Å². The van der Waals surface area contributed by atoms with Crippen molar-refractivity contribution in [3.8, 4) is 17.2 Å². The van der Waals surface area contributed by atoms with Crippen molar-refractivity contribution in [3.63, 3.8) is 0 Å². The number of ether oxygens (including phenoxy) is 3. The Balaban J connectivity index is 1.68. The monoisotopic (exact) mass is 363 g/mol. The third-order valence-electron chi connectivity index (χ3n) is 5.79. The van der Waals surface area contributed by atoms with Crippen LogP contribution >= 0.6 is 0 Å². The molecule has 0 atom stereocenters. The lowest BCUT2D eigenvalue weighted by molar-refractivity contribution is -0.930. The van der Waals surface area contributed by atoms with Gasteiger partial charge in [0.05, 0.1) is 53.6 Å². The first-order chi connectivity index (χ1) is 12.7. The van der Waals surface area contributed by atoms with Gasteiger partial charge in [0, 0.05) is 5.56 Å². The summed E-state index contributed by atoms with van der Waals surface area (Å²) in [4.78, 5) is 16.6. The summed E-state index contributed by atoms with van der Waals surface area (Å²) in [5, 5.41) is 0. The molecule has 1 amide bonds. The molecule has 1 saturated carbocycles. The molecule has 1 saturated heterocycles. The maximum Gasteiger partial charge on any atom is 0.254 e. The fourth-order valence-corrected chi connectivity index (χ4v) is 4.30. The van der Waals surface area contributed by atoms with Crippen molar-refractivity contribution in [2.75, 3.05) is 47.5 Å². The molecule has 1 aromatic carbocycles. The largest absolute Gasteiger partial charge is 0.493 e. The van der Waals surface area contributed by atoms with Gasteiger partial charge in [-0.15, -0.1) is 0 Å². The maximum absolute atomic E-state index is 13.0. The molecule has 2 aliphatic rings. The minimum atomic E-state index is 0.0342. The highest BCUT2D eigenvalue weighted by Crippen LogP contribution is 2.38. The van der Waals surface area contributed by atoms with Gasteiger partial charge in [0.25, 0.3) is 5.91 Å². The van der Waals surface area contributed by atoms with Crippen LogP contribution < -0.4 is 19.1 Å². The maximum atomic E-state index is 13.0. The molecule has 1 aliphatic carbocycles. The van der Waals surface area contributed by atoms with Crippen molar-refractivity contribution >= 4 is 5.91 Å². The van der Waals surface area contributed by atoms with E-state index < -0.39 is 0 Å². The smallest absolute Gasteiger partial charge is 0.254 e. The first-order valence-electron chi connectivity index (χ1n) is 9.61. The van der Waals surface area contributed by atoms with Crippen LogP contribution in [0.25, 0.3) is 0 Å². The summed E-state index contributed by atoms with van der Waals surface area (Å²) in [6.45, 7) is 3.70. The Hall–Kier alpha value is -1.95. The van der Waals surface area contributed by atoms with Crippen LogP contribution in [0.4, 0.5) is 0 Å². The van der Waals surface area contributed by atoms with Crippen LogP contribution in [-0.4, -0.2) is 64.4 Å². The molecule has 1 aromatic rings. The zero-order valence-corrected chi connectivity index (χ0v) is 16.2. The predicted octanol–water partition coefficient (Wildman–Crippen LogP) is 1.39. The van der Waals surface area contributed by atoms with Crippen molar-refractivity contribution in [1.29, 1.82) is 0 Å². The Morgan fingerprint density at radius 1 is 0.962 bits per heavy atom. The Kier molecular flexibility index (Phi) is 6.25. The van der Waals surface area contributed by atoms with Gasteiger partial charge in [0.1, 0.15) is 0 Å². The predicted molar refractivity (Wildman–Crippen MR) is 99.6 cm³/mol. The van der Waals surface area contributed by atoms with E-state index in [2.05, 4.69) is 0 Å². The molecular formula is C20H31N2O4+. The lowest BCUT2D eigenvalue weighted by Crippen LogP contribution is -3.18. The first kappa shape index (κ1) is 18.8. The van der Waals surface area contributed by atoms with Gasteiger partial charge in [0.2, 0.25) is 5.75 Å². The summed E-state index contributed by atoms with van der Waals surface area (Å²) in [6.07, 6.45) is 6.80. The van der Waals surface area contributed by atoms with E-state index in [1.807, 2.05) is 4.90 Å². The molecule has 0 unspecified atom stereocenters. The van der Waals surface area contributed by atoms with E-state index in [-0.39, 0.29) is 5.91 Å². The average molecular weight is 363 g/mol. The molecule has 0 bridgehead atoms. The average Bonchev–Trinajstić information content (AvgIpc) is 2.72. The Morgan fingerprint density at radius 2 is 1.54 bits per heavy atom. The normalized spacial score (nSPS) is 19.3. The quantitative estimate of drug-likeness (QED) is 0.859. The lowest BCUT2D eigenvalue weighted by atomic mass is 9.94. The molecular weight excluding hydrogens is 332 g/mol. The van der Waals surface area contributed by atoms with Crippen molar-refractivity contribution < 1.29 is 23.9 Å². The Morgan fingerprint density at radius 3 is 2.04 bits per heavy atom. The minimum Gasteiger partial charge on any atom is -0.493 e. The Bertz CT molecular complexity index is 595. The van der Waals surface area contributed by atoms with E-state index in [1.54, 1.807) is 38.4 Å². The number of methoxy groups -OCH3 is 3. The molecule has 6 nitrogen and oxygen atoms in total. The number of rotatable bonds is 5. The number of amides is 1. The number of hydrogen-bond donors (Lipinski definition) is 1. The van der Waals surface area contributed by atoms with Gasteiger partial charge in [-0.2, -0.15) is 0 Å². The molecule has 0 aromatic heterocycles. The van der Waals surface area contributed by atoms with E-state index in [1.165, 1.54) is 32.1 Å². The highest BCUT2D eigenvalue weighted by molar-refractivity contribution is 5.95. The summed E-state index contributed by atoms with van der Waals surface area (Å²) in [5.74, 6) is 1.58. The van der Waals surface area contributed by atoms with Crippen LogP contribution in [0, 0.1) is 0 Å². The number of hydrogen-bond acceptors (Lipinski definition) is 4. The van der Waals surface area contributed by atoms with Gasteiger partial charge in [-0.05, 0) is 37.8 Å². The Labute approximate surface area is 156 Å². The number of benzene rings is 1. The molecule has 3 rings (SSSR count). The molecule has 2 fully saturated rings. The van der Waals surface area contributed by atoms with Crippen molar-refractivity contribution in [2.45, 2.75) is 38.1 Å². The SMILES string of the molecule is COc1cc(C(=O)N2CC[NH+](C3CCCCC3)CC2)cc(OC)c1OC. The van der Waals surface area contributed by atoms with Gasteiger partial charge in [0.15, 0.2) is 11.5 Å². The molecule has 1 N–H and O–H groups in total. The minimum absolute atomic E-state index is 0.0342. The number of carbonyl (C=O) groups excluding carboxylic acids is 1. The second kappa shape index (κ2) is 8.62. The van der Waals surface area contributed by atoms with E-state index >= 15 is 0 Å². The van der Waals surface area contributed by atoms with E-state index in [9.17, 15) is 4.79 Å². The topological polar surface area (TPSA) is 52.4 Å². The summed E-state index contributed by atoms with van der Waals surface area (Å²) in [7, 11) is 4.70. The molecule has 144 valence electrons. The molecule has 1 aliphatic heterocycles. The van der Waals surface area contributed by atoms with Crippen LogP contribution in [0.2, 0.25) is 0 Å². The number of nitrogens with zero attached hydrogens (tertiary/aromatic N) is 1. The number of nitrogens with one attached hydrogen (secondary N) is 1. The van der Waals surface area contributed by atoms with Crippen LogP contribution in [0.15, 0.2) is 12.1 Å². The molecule has 26 heavy (non-hydrogen) atoms. The van der Waals surface area contributed by atoms with Gasteiger partial charge >= 0.3 is 0 Å². The van der Waals surface area contributed by atoms with Gasteiger partial charge in [-0.3, -0.25) is 4.79 Å². The number of piperazine rings is 1. The standard InChI is InChI=1S/C20H30N2O4/c1-24-17-13-15(14-18(25-2)19(17)26-3)20(23)22-11-9-21(10-12-22)16-7-5-4-6-8-16/h13-14,16H,4-12H2,1-3H3/p+1. The second-order valence-corrected chi connectivity index (χ2v) is 7.20. The summed E-state index contributed by atoms with van der Waals surface area (Å²) < 4.78 is 16.1. The van der Waals surface area contributed by atoms with Crippen LogP contribution in [0.1, 0.15) is 42.5 Å². The highest BCUT2D eigenvalue weighted by atomic mass is 16.5. The summed E-state index contributed by atoms with van der Waals surface area (Å²) >= 11 is 0. The third kappa shape index (κ3) is 3.90. The molecule has 6 heteroatoms. The number of quaternary nitrogens is 1.